The van der Waals surface area contributed by atoms with Crippen molar-refractivity contribution < 1.29 is 19.1 Å². The molecule has 0 spiro atoms. The smallest absolute Gasteiger partial charge is 0.337 e. The summed E-state index contributed by atoms with van der Waals surface area (Å²) in [4.78, 5) is 34.6. The average molecular weight is 290 g/mol. The molecule has 0 unspecified atom stereocenters. The van der Waals surface area contributed by atoms with Crippen molar-refractivity contribution in [3.63, 3.8) is 0 Å². The third-order valence-electron chi connectivity index (χ3n) is 3.49. The topological polar surface area (TPSA) is 84.5 Å². The summed E-state index contributed by atoms with van der Waals surface area (Å²) in [6, 6.07) is 6.35. The van der Waals surface area contributed by atoms with E-state index in [9.17, 15) is 14.4 Å². The largest absolute Gasteiger partial charge is 0.465 e. The minimum Gasteiger partial charge on any atom is -0.465 e. The summed E-state index contributed by atoms with van der Waals surface area (Å²) >= 11 is 0. The average Bonchev–Trinajstić information content (AvgIpc) is 2.43. The monoisotopic (exact) mass is 290 g/mol. The fourth-order valence-electron chi connectivity index (χ4n) is 1.99. The molecule has 1 aromatic rings. The van der Waals surface area contributed by atoms with E-state index < -0.39 is 5.97 Å². The highest BCUT2D eigenvalue weighted by atomic mass is 16.5. The number of methoxy groups -OCH3 is 1. The lowest BCUT2D eigenvalue weighted by atomic mass is 9.85. The van der Waals surface area contributed by atoms with Crippen LogP contribution < -0.4 is 10.6 Å². The van der Waals surface area contributed by atoms with Crippen LogP contribution in [0.1, 0.15) is 29.6 Å². The first-order valence-corrected chi connectivity index (χ1v) is 6.86. The minimum absolute atomic E-state index is 0.0475. The number of ether oxygens (including phenoxy) is 1. The Bertz CT molecular complexity index is 535. The molecule has 1 aliphatic rings. The minimum atomic E-state index is -0.430. The van der Waals surface area contributed by atoms with Gasteiger partial charge in [-0.1, -0.05) is 6.42 Å². The second-order valence-electron chi connectivity index (χ2n) is 4.96. The van der Waals surface area contributed by atoms with E-state index in [4.69, 9.17) is 0 Å². The van der Waals surface area contributed by atoms with Crippen LogP contribution in [0.3, 0.4) is 0 Å². The van der Waals surface area contributed by atoms with Crippen LogP contribution in [0, 0.1) is 5.92 Å². The zero-order valence-corrected chi connectivity index (χ0v) is 11.8. The van der Waals surface area contributed by atoms with E-state index in [0.717, 1.165) is 19.3 Å². The van der Waals surface area contributed by atoms with E-state index in [1.54, 1.807) is 24.3 Å². The second kappa shape index (κ2) is 6.88. The Balaban J connectivity index is 1.79. The molecular weight excluding hydrogens is 272 g/mol. The maximum absolute atomic E-state index is 11.7. The van der Waals surface area contributed by atoms with Gasteiger partial charge in [-0.25, -0.2) is 4.79 Å². The van der Waals surface area contributed by atoms with Crippen LogP contribution in [-0.4, -0.2) is 31.4 Å². The quantitative estimate of drug-likeness (QED) is 0.801. The summed E-state index contributed by atoms with van der Waals surface area (Å²) in [6.07, 6.45) is 2.89. The summed E-state index contributed by atoms with van der Waals surface area (Å²) in [7, 11) is 1.31. The van der Waals surface area contributed by atoms with E-state index in [2.05, 4.69) is 15.4 Å². The maximum atomic E-state index is 11.7. The standard InChI is InChI=1S/C15H18N2O4/c1-21-15(20)11-5-7-12(8-6-11)17-13(18)9-16-14(19)10-3-2-4-10/h5-8,10H,2-4,9H2,1H3,(H,16,19)(H,17,18). The fourth-order valence-corrected chi connectivity index (χ4v) is 1.99. The van der Waals surface area contributed by atoms with Crippen molar-refractivity contribution in [1.82, 2.24) is 5.32 Å². The van der Waals surface area contributed by atoms with Gasteiger partial charge in [0.15, 0.2) is 0 Å². The Labute approximate surface area is 122 Å². The Morgan fingerprint density at radius 3 is 2.38 bits per heavy atom. The molecule has 1 saturated carbocycles. The summed E-state index contributed by atoms with van der Waals surface area (Å²) in [5.74, 6) is -0.719. The van der Waals surface area contributed by atoms with Gasteiger partial charge in [0.25, 0.3) is 0 Å². The van der Waals surface area contributed by atoms with Crippen LogP contribution in [0.15, 0.2) is 24.3 Å². The molecule has 2 amide bonds. The highest BCUT2D eigenvalue weighted by molar-refractivity contribution is 5.95. The van der Waals surface area contributed by atoms with Crippen LogP contribution in [0.25, 0.3) is 0 Å². The molecule has 21 heavy (non-hydrogen) atoms. The lowest BCUT2D eigenvalue weighted by Gasteiger charge is -2.23. The van der Waals surface area contributed by atoms with Gasteiger partial charge >= 0.3 is 5.97 Å². The third kappa shape index (κ3) is 4.05. The van der Waals surface area contributed by atoms with E-state index in [0.29, 0.717) is 11.3 Å². The number of hydrogen-bond donors (Lipinski definition) is 2. The van der Waals surface area contributed by atoms with Gasteiger partial charge in [0.2, 0.25) is 11.8 Å². The lowest BCUT2D eigenvalue weighted by Crippen LogP contribution is -2.39. The summed E-state index contributed by atoms with van der Waals surface area (Å²) < 4.78 is 4.59. The number of esters is 1. The molecule has 0 bridgehead atoms. The third-order valence-corrected chi connectivity index (χ3v) is 3.49. The lowest BCUT2D eigenvalue weighted by molar-refractivity contribution is -0.129. The second-order valence-corrected chi connectivity index (χ2v) is 4.96. The first-order valence-electron chi connectivity index (χ1n) is 6.86. The van der Waals surface area contributed by atoms with Crippen molar-refractivity contribution in [2.75, 3.05) is 19.0 Å². The highest BCUT2D eigenvalue weighted by Gasteiger charge is 2.25. The molecule has 2 N–H and O–H groups in total. The number of hydrogen-bond acceptors (Lipinski definition) is 4. The summed E-state index contributed by atoms with van der Waals surface area (Å²) in [6.45, 7) is -0.0475. The van der Waals surface area contributed by atoms with Crippen molar-refractivity contribution in [3.8, 4) is 0 Å². The molecule has 2 rings (SSSR count). The van der Waals surface area contributed by atoms with Gasteiger partial charge in [-0.05, 0) is 37.1 Å². The van der Waals surface area contributed by atoms with E-state index >= 15 is 0 Å². The fraction of sp³-hybridized carbons (Fsp3) is 0.400. The van der Waals surface area contributed by atoms with Crippen molar-refractivity contribution >= 4 is 23.5 Å². The van der Waals surface area contributed by atoms with Gasteiger partial charge in [0.1, 0.15) is 0 Å². The predicted octanol–water partition coefficient (Wildman–Crippen LogP) is 1.33. The molecule has 0 heterocycles. The van der Waals surface area contributed by atoms with E-state index in [-0.39, 0.29) is 24.3 Å². The maximum Gasteiger partial charge on any atom is 0.337 e. The SMILES string of the molecule is COC(=O)c1ccc(NC(=O)CNC(=O)C2CCC2)cc1. The Morgan fingerprint density at radius 1 is 1.19 bits per heavy atom. The van der Waals surface area contributed by atoms with Crippen LogP contribution in [0.2, 0.25) is 0 Å². The van der Waals surface area contributed by atoms with E-state index in [1.807, 2.05) is 0 Å². The molecule has 1 aromatic carbocycles. The Kier molecular flexibility index (Phi) is 4.92. The molecule has 0 aromatic heterocycles. The van der Waals surface area contributed by atoms with Crippen molar-refractivity contribution in [2.24, 2.45) is 5.92 Å². The Morgan fingerprint density at radius 2 is 1.86 bits per heavy atom. The first-order chi connectivity index (χ1) is 10.1. The molecule has 0 aliphatic heterocycles. The molecule has 0 radical (unpaired) electrons. The number of benzene rings is 1. The zero-order valence-electron chi connectivity index (χ0n) is 11.8. The van der Waals surface area contributed by atoms with Crippen LogP contribution in [0.4, 0.5) is 5.69 Å². The number of anilines is 1. The van der Waals surface area contributed by atoms with Crippen molar-refractivity contribution in [1.29, 1.82) is 0 Å². The zero-order chi connectivity index (χ0) is 15.2. The van der Waals surface area contributed by atoms with Crippen LogP contribution in [-0.2, 0) is 14.3 Å². The molecule has 0 saturated heterocycles. The van der Waals surface area contributed by atoms with Crippen molar-refractivity contribution in [2.45, 2.75) is 19.3 Å². The molecule has 6 heteroatoms. The number of rotatable bonds is 5. The van der Waals surface area contributed by atoms with Crippen molar-refractivity contribution in [3.05, 3.63) is 29.8 Å². The number of carbonyl (C=O) groups is 3. The summed E-state index contributed by atoms with van der Waals surface area (Å²) in [5, 5.41) is 5.27. The number of amides is 2. The Hall–Kier alpha value is -2.37. The van der Waals surface area contributed by atoms with Gasteiger partial charge in [-0.15, -0.1) is 0 Å². The molecule has 1 aliphatic carbocycles. The van der Waals surface area contributed by atoms with Gasteiger partial charge in [-0.3, -0.25) is 9.59 Å². The van der Waals surface area contributed by atoms with Gasteiger partial charge in [0, 0.05) is 11.6 Å². The van der Waals surface area contributed by atoms with E-state index in [1.165, 1.54) is 7.11 Å². The number of nitrogens with one attached hydrogen (secondary N) is 2. The predicted molar refractivity (Wildman–Crippen MR) is 76.8 cm³/mol. The molecule has 112 valence electrons. The molecule has 6 nitrogen and oxygen atoms in total. The van der Waals surface area contributed by atoms with Gasteiger partial charge in [-0.2, -0.15) is 0 Å². The molecule has 0 atom stereocenters. The highest BCUT2D eigenvalue weighted by Crippen LogP contribution is 2.25. The van der Waals surface area contributed by atoms with Gasteiger partial charge < -0.3 is 15.4 Å². The normalized spacial score (nSPS) is 14.0. The summed E-state index contributed by atoms with van der Waals surface area (Å²) in [5.41, 5.74) is 0.972. The number of carbonyl (C=O) groups excluding carboxylic acids is 3. The van der Waals surface area contributed by atoms with Crippen LogP contribution >= 0.6 is 0 Å². The molecular formula is C15H18N2O4. The van der Waals surface area contributed by atoms with Crippen LogP contribution in [0.5, 0.6) is 0 Å². The molecule has 1 fully saturated rings. The van der Waals surface area contributed by atoms with Gasteiger partial charge in [0.05, 0.1) is 19.2 Å². The first kappa shape index (κ1) is 15.0.